The number of amides is 2. The Balaban J connectivity index is 1.59. The van der Waals surface area contributed by atoms with E-state index in [1.807, 2.05) is 54.6 Å². The quantitative estimate of drug-likeness (QED) is 0.403. The van der Waals surface area contributed by atoms with Crippen molar-refractivity contribution in [2.45, 2.75) is 19.0 Å². The van der Waals surface area contributed by atoms with Gasteiger partial charge in [-0.05, 0) is 41.0 Å². The largest absolute Gasteiger partial charge is 0.379 e. The zero-order valence-corrected chi connectivity index (χ0v) is 22.1. The van der Waals surface area contributed by atoms with Gasteiger partial charge < -0.3 is 15.0 Å². The standard InChI is InChI=1S/C29H31Cl2N3O3/c30-25-10-6-22(7-11-25)20-27(35)34(21-23-8-12-26(31)13-9-23)28(24-4-2-1-3-5-24)29(36)32-14-15-33-16-18-37-19-17-33/h1-13,28H,14-21H2,(H,32,36)/t28-/m1/s1. The summed E-state index contributed by atoms with van der Waals surface area (Å²) >= 11 is 12.1. The van der Waals surface area contributed by atoms with E-state index < -0.39 is 6.04 Å². The molecule has 0 radical (unpaired) electrons. The zero-order chi connectivity index (χ0) is 26.0. The van der Waals surface area contributed by atoms with Crippen LogP contribution in [-0.2, 0) is 27.3 Å². The Labute approximate surface area is 228 Å². The normalized spacial score (nSPS) is 14.6. The van der Waals surface area contributed by atoms with Crippen LogP contribution in [0.4, 0.5) is 0 Å². The maximum Gasteiger partial charge on any atom is 0.247 e. The minimum atomic E-state index is -0.790. The van der Waals surface area contributed by atoms with E-state index >= 15 is 0 Å². The van der Waals surface area contributed by atoms with Crippen molar-refractivity contribution in [2.75, 3.05) is 39.4 Å². The van der Waals surface area contributed by atoms with Crippen molar-refractivity contribution in [1.29, 1.82) is 0 Å². The number of benzene rings is 3. The first-order valence-electron chi connectivity index (χ1n) is 12.4. The van der Waals surface area contributed by atoms with Gasteiger partial charge in [0, 0.05) is 42.8 Å². The summed E-state index contributed by atoms with van der Waals surface area (Å²) < 4.78 is 5.41. The van der Waals surface area contributed by atoms with Crippen molar-refractivity contribution >= 4 is 35.0 Å². The van der Waals surface area contributed by atoms with Crippen molar-refractivity contribution < 1.29 is 14.3 Å². The number of hydrogen-bond donors (Lipinski definition) is 1. The minimum absolute atomic E-state index is 0.148. The molecule has 0 unspecified atom stereocenters. The highest BCUT2D eigenvalue weighted by atomic mass is 35.5. The van der Waals surface area contributed by atoms with Gasteiger partial charge in [-0.3, -0.25) is 14.5 Å². The lowest BCUT2D eigenvalue weighted by atomic mass is 10.0. The fourth-order valence-corrected chi connectivity index (χ4v) is 4.61. The molecule has 1 N–H and O–H groups in total. The zero-order valence-electron chi connectivity index (χ0n) is 20.6. The van der Waals surface area contributed by atoms with Crippen molar-refractivity contribution in [2.24, 2.45) is 0 Å². The molecule has 1 saturated heterocycles. The molecule has 8 heteroatoms. The molecule has 3 aromatic rings. The Bertz CT molecular complexity index is 1150. The first kappa shape index (κ1) is 27.1. The Morgan fingerprint density at radius 3 is 2.08 bits per heavy atom. The molecule has 0 spiro atoms. The van der Waals surface area contributed by atoms with Crippen LogP contribution in [0.2, 0.25) is 10.0 Å². The summed E-state index contributed by atoms with van der Waals surface area (Å²) in [4.78, 5) is 31.4. The summed E-state index contributed by atoms with van der Waals surface area (Å²) in [6, 6.07) is 23.2. The van der Waals surface area contributed by atoms with Crippen LogP contribution < -0.4 is 5.32 Å². The van der Waals surface area contributed by atoms with Crippen LogP contribution in [0.25, 0.3) is 0 Å². The predicted octanol–water partition coefficient (Wildman–Crippen LogP) is 4.75. The lowest BCUT2D eigenvalue weighted by Crippen LogP contribution is -2.46. The van der Waals surface area contributed by atoms with Crippen molar-refractivity contribution in [3.8, 4) is 0 Å². The van der Waals surface area contributed by atoms with Gasteiger partial charge in [0.2, 0.25) is 11.8 Å². The highest BCUT2D eigenvalue weighted by molar-refractivity contribution is 6.30. The summed E-state index contributed by atoms with van der Waals surface area (Å²) in [5.41, 5.74) is 2.47. The molecule has 1 aliphatic rings. The molecule has 1 fully saturated rings. The summed E-state index contributed by atoms with van der Waals surface area (Å²) in [6.07, 6.45) is 0.148. The van der Waals surface area contributed by atoms with Crippen LogP contribution in [-0.4, -0.2) is 61.0 Å². The second kappa shape index (κ2) is 13.6. The molecule has 2 amide bonds. The molecule has 3 aromatic carbocycles. The number of carbonyl (C=O) groups is 2. The third kappa shape index (κ3) is 8.04. The molecule has 0 aromatic heterocycles. The predicted molar refractivity (Wildman–Crippen MR) is 147 cm³/mol. The fourth-order valence-electron chi connectivity index (χ4n) is 4.36. The van der Waals surface area contributed by atoms with Crippen LogP contribution in [0.3, 0.4) is 0 Å². The Kier molecular flexibility index (Phi) is 9.97. The van der Waals surface area contributed by atoms with Gasteiger partial charge in [0.25, 0.3) is 0 Å². The smallest absolute Gasteiger partial charge is 0.247 e. The number of rotatable bonds is 10. The molecule has 1 heterocycles. The number of nitrogens with zero attached hydrogens (tertiary/aromatic N) is 2. The van der Waals surface area contributed by atoms with Gasteiger partial charge in [-0.2, -0.15) is 0 Å². The first-order valence-corrected chi connectivity index (χ1v) is 13.2. The summed E-state index contributed by atoms with van der Waals surface area (Å²) in [7, 11) is 0. The van der Waals surface area contributed by atoms with Gasteiger partial charge in [-0.25, -0.2) is 0 Å². The molecule has 0 aliphatic carbocycles. The Morgan fingerprint density at radius 2 is 1.46 bits per heavy atom. The third-order valence-electron chi connectivity index (χ3n) is 6.36. The van der Waals surface area contributed by atoms with Gasteiger partial charge in [0.05, 0.1) is 19.6 Å². The van der Waals surface area contributed by atoms with Crippen molar-refractivity contribution in [3.05, 3.63) is 106 Å². The van der Waals surface area contributed by atoms with E-state index in [2.05, 4.69) is 10.2 Å². The van der Waals surface area contributed by atoms with E-state index in [0.717, 1.165) is 36.3 Å². The second-order valence-corrected chi connectivity index (χ2v) is 9.88. The molecular formula is C29H31Cl2N3O3. The number of halogens is 2. The highest BCUT2D eigenvalue weighted by Crippen LogP contribution is 2.25. The molecule has 1 aliphatic heterocycles. The summed E-state index contributed by atoms with van der Waals surface area (Å²) in [5.74, 6) is -0.368. The van der Waals surface area contributed by atoms with Crippen molar-refractivity contribution in [3.63, 3.8) is 0 Å². The number of nitrogens with one attached hydrogen (secondary N) is 1. The van der Waals surface area contributed by atoms with Gasteiger partial charge in [-0.15, -0.1) is 0 Å². The third-order valence-corrected chi connectivity index (χ3v) is 6.87. The average Bonchev–Trinajstić information content (AvgIpc) is 2.92. The van der Waals surface area contributed by atoms with Gasteiger partial charge in [0.1, 0.15) is 6.04 Å². The molecule has 0 saturated carbocycles. The molecule has 4 rings (SSSR count). The Hall–Kier alpha value is -2.90. The Morgan fingerprint density at radius 1 is 0.865 bits per heavy atom. The van der Waals surface area contributed by atoms with Crippen LogP contribution in [0.5, 0.6) is 0 Å². The molecule has 6 nitrogen and oxygen atoms in total. The monoisotopic (exact) mass is 539 g/mol. The molecular weight excluding hydrogens is 509 g/mol. The maximum absolute atomic E-state index is 13.8. The molecule has 194 valence electrons. The van der Waals surface area contributed by atoms with Crippen LogP contribution >= 0.6 is 23.2 Å². The van der Waals surface area contributed by atoms with E-state index in [1.54, 1.807) is 29.2 Å². The van der Waals surface area contributed by atoms with Gasteiger partial charge in [0.15, 0.2) is 0 Å². The van der Waals surface area contributed by atoms with Crippen LogP contribution in [0.1, 0.15) is 22.7 Å². The van der Waals surface area contributed by atoms with E-state index in [0.29, 0.717) is 29.8 Å². The summed E-state index contributed by atoms with van der Waals surface area (Å²) in [6.45, 7) is 4.58. The molecule has 37 heavy (non-hydrogen) atoms. The minimum Gasteiger partial charge on any atom is -0.379 e. The highest BCUT2D eigenvalue weighted by Gasteiger charge is 2.31. The van der Waals surface area contributed by atoms with Gasteiger partial charge in [-0.1, -0.05) is 77.8 Å². The SMILES string of the molecule is O=C(NCCN1CCOCC1)[C@@H](c1ccccc1)N(Cc1ccc(Cl)cc1)C(=O)Cc1ccc(Cl)cc1. The van der Waals surface area contributed by atoms with Gasteiger partial charge >= 0.3 is 0 Å². The van der Waals surface area contributed by atoms with E-state index in [1.165, 1.54) is 0 Å². The van der Waals surface area contributed by atoms with Crippen LogP contribution in [0, 0.1) is 0 Å². The van der Waals surface area contributed by atoms with Crippen molar-refractivity contribution in [1.82, 2.24) is 15.1 Å². The number of ether oxygens (including phenoxy) is 1. The lowest BCUT2D eigenvalue weighted by Gasteiger charge is -2.32. The molecule has 1 atom stereocenters. The number of morpholine rings is 1. The van der Waals surface area contributed by atoms with E-state index in [-0.39, 0.29) is 24.8 Å². The number of hydrogen-bond acceptors (Lipinski definition) is 4. The topological polar surface area (TPSA) is 61.9 Å². The number of carbonyl (C=O) groups excluding carboxylic acids is 2. The maximum atomic E-state index is 13.8. The average molecular weight is 540 g/mol. The fraction of sp³-hybridized carbons (Fsp3) is 0.310. The second-order valence-electron chi connectivity index (χ2n) is 9.01. The molecule has 0 bridgehead atoms. The first-order chi connectivity index (χ1) is 18.0. The van der Waals surface area contributed by atoms with E-state index in [4.69, 9.17) is 27.9 Å². The van der Waals surface area contributed by atoms with E-state index in [9.17, 15) is 9.59 Å². The van der Waals surface area contributed by atoms with Crippen LogP contribution in [0.15, 0.2) is 78.9 Å². The lowest BCUT2D eigenvalue weighted by molar-refractivity contribution is -0.141. The summed E-state index contributed by atoms with van der Waals surface area (Å²) in [5, 5.41) is 4.30.